The zero-order valence-corrected chi connectivity index (χ0v) is 6.76. The van der Waals surface area contributed by atoms with Crippen LogP contribution in [-0.4, -0.2) is 12.4 Å². The minimum Gasteiger partial charge on any atom is -0.167 e. The molecule has 0 rings (SSSR count). The van der Waals surface area contributed by atoms with Gasteiger partial charge in [0, 0.05) is 11.6 Å². The minimum absolute atomic E-state index is 0.0625. The summed E-state index contributed by atoms with van der Waals surface area (Å²) in [5, 5.41) is 0. The summed E-state index contributed by atoms with van der Waals surface area (Å²) in [5.41, 5.74) is -0.757. The molecule has 0 atom stereocenters. The summed E-state index contributed by atoms with van der Waals surface area (Å²) in [6.45, 7) is 6.14. The summed E-state index contributed by atoms with van der Waals surface area (Å²) in [6.07, 6.45) is -8.45. The third-order valence-electron chi connectivity index (χ3n) is 0.715. The Labute approximate surface area is 71.5 Å². The van der Waals surface area contributed by atoms with Gasteiger partial charge in [-0.2, -0.15) is 26.3 Å². The van der Waals surface area contributed by atoms with Crippen LogP contribution in [-0.2, 0) is 0 Å². The fourth-order valence-electron chi connectivity index (χ4n) is 0. The van der Waals surface area contributed by atoms with E-state index in [1.807, 2.05) is 0 Å². The quantitative estimate of drug-likeness (QED) is 0.417. The predicted octanol–water partition coefficient (Wildman–Crippen LogP) is 3.86. The van der Waals surface area contributed by atoms with Gasteiger partial charge in [0.25, 0.3) is 0 Å². The Morgan fingerprint density at radius 2 is 1.23 bits per heavy atom. The van der Waals surface area contributed by atoms with Crippen LogP contribution in [0.1, 0.15) is 6.92 Å². The van der Waals surface area contributed by atoms with Gasteiger partial charge >= 0.3 is 12.4 Å². The van der Waals surface area contributed by atoms with Gasteiger partial charge in [-0.1, -0.05) is 13.2 Å². The standard InChI is InChI=1S/C4H5F3.C3H3F3/c1-3(2)4(5,6)7;1-2-3(4,5)6/h1H2,2H3;2H,1H2. The normalized spacial score (nSPS) is 11.3. The van der Waals surface area contributed by atoms with E-state index in [-0.39, 0.29) is 6.08 Å². The maximum absolute atomic E-state index is 11.1. The van der Waals surface area contributed by atoms with Gasteiger partial charge in [-0.25, -0.2) is 0 Å². The molecule has 0 unspecified atom stereocenters. The van der Waals surface area contributed by atoms with Crippen molar-refractivity contribution in [2.24, 2.45) is 0 Å². The maximum atomic E-state index is 11.1. The number of alkyl halides is 6. The Balaban J connectivity index is 0. The highest BCUT2D eigenvalue weighted by molar-refractivity contribution is 4.96. The number of allylic oxidation sites excluding steroid dienone is 2. The van der Waals surface area contributed by atoms with Crippen LogP contribution in [0.25, 0.3) is 0 Å². The Bertz CT molecular complexity index is 172. The second-order valence-corrected chi connectivity index (χ2v) is 2.02. The van der Waals surface area contributed by atoms with Crippen molar-refractivity contribution in [3.8, 4) is 0 Å². The molecular weight excluding hydrogens is 198 g/mol. The van der Waals surface area contributed by atoms with Crippen LogP contribution in [0, 0.1) is 0 Å². The molecule has 0 heterocycles. The molecule has 0 aromatic heterocycles. The molecule has 0 bridgehead atoms. The summed E-state index contributed by atoms with van der Waals surface area (Å²) in [6, 6.07) is 0. The van der Waals surface area contributed by atoms with Crippen LogP contribution >= 0.6 is 0 Å². The van der Waals surface area contributed by atoms with Crippen molar-refractivity contribution in [3.63, 3.8) is 0 Å². The van der Waals surface area contributed by atoms with E-state index in [4.69, 9.17) is 0 Å². The Morgan fingerprint density at radius 1 is 1.08 bits per heavy atom. The van der Waals surface area contributed by atoms with Gasteiger partial charge in [0.05, 0.1) is 0 Å². The van der Waals surface area contributed by atoms with Gasteiger partial charge in [-0.3, -0.25) is 0 Å². The number of hydrogen-bond acceptors (Lipinski definition) is 0. The lowest BCUT2D eigenvalue weighted by Gasteiger charge is -2.01. The lowest BCUT2D eigenvalue weighted by atomic mass is 10.3. The van der Waals surface area contributed by atoms with Crippen LogP contribution in [0.2, 0.25) is 0 Å². The fraction of sp³-hybridized carbons (Fsp3) is 0.429. The molecule has 0 aromatic rings. The first-order valence-corrected chi connectivity index (χ1v) is 2.93. The third-order valence-corrected chi connectivity index (χ3v) is 0.715. The summed E-state index contributed by atoms with van der Waals surface area (Å²) in [5.74, 6) is 0. The zero-order valence-electron chi connectivity index (χ0n) is 6.76. The topological polar surface area (TPSA) is 0 Å². The second-order valence-electron chi connectivity index (χ2n) is 2.02. The smallest absolute Gasteiger partial charge is 0.167 e. The Kier molecular flexibility index (Phi) is 5.53. The van der Waals surface area contributed by atoms with E-state index < -0.39 is 17.9 Å². The van der Waals surface area contributed by atoms with Crippen molar-refractivity contribution in [1.82, 2.24) is 0 Å². The molecule has 0 saturated heterocycles. The third kappa shape index (κ3) is 14.0. The maximum Gasteiger partial charge on any atom is 0.411 e. The Hall–Kier alpha value is -0.940. The van der Waals surface area contributed by atoms with Crippen LogP contribution < -0.4 is 0 Å². The molecule has 0 aliphatic carbocycles. The average molecular weight is 206 g/mol. The first-order valence-electron chi connectivity index (χ1n) is 2.93. The van der Waals surface area contributed by atoms with Crippen LogP contribution in [0.15, 0.2) is 24.8 Å². The Morgan fingerprint density at radius 3 is 1.23 bits per heavy atom. The highest BCUT2D eigenvalue weighted by Gasteiger charge is 2.27. The number of hydrogen-bond donors (Lipinski definition) is 0. The lowest BCUT2D eigenvalue weighted by molar-refractivity contribution is -0.0909. The van der Waals surface area contributed by atoms with Crippen molar-refractivity contribution < 1.29 is 26.3 Å². The van der Waals surface area contributed by atoms with Gasteiger partial charge in [0.15, 0.2) is 0 Å². The van der Waals surface area contributed by atoms with E-state index >= 15 is 0 Å². The van der Waals surface area contributed by atoms with E-state index in [9.17, 15) is 26.3 Å². The molecule has 13 heavy (non-hydrogen) atoms. The van der Waals surface area contributed by atoms with Crippen molar-refractivity contribution >= 4 is 0 Å². The van der Waals surface area contributed by atoms with Crippen LogP contribution in [0.5, 0.6) is 0 Å². The molecule has 0 fully saturated rings. The van der Waals surface area contributed by atoms with Gasteiger partial charge in [0.2, 0.25) is 0 Å². The van der Waals surface area contributed by atoms with E-state index in [1.54, 1.807) is 0 Å². The minimum atomic E-state index is -4.19. The van der Waals surface area contributed by atoms with Crippen LogP contribution in [0.3, 0.4) is 0 Å². The summed E-state index contributed by atoms with van der Waals surface area (Å²) >= 11 is 0. The molecule has 0 spiro atoms. The number of halogens is 6. The van der Waals surface area contributed by atoms with E-state index in [0.717, 1.165) is 6.92 Å². The molecular formula is C7H8F6. The molecule has 6 heteroatoms. The molecule has 0 aromatic carbocycles. The van der Waals surface area contributed by atoms with Crippen molar-refractivity contribution in [1.29, 1.82) is 0 Å². The van der Waals surface area contributed by atoms with Crippen LogP contribution in [0.4, 0.5) is 26.3 Å². The van der Waals surface area contributed by atoms with Gasteiger partial charge in [-0.05, 0) is 6.92 Å². The molecule has 0 N–H and O–H groups in total. The first-order chi connectivity index (χ1) is 5.50. The molecule has 78 valence electrons. The highest BCUT2D eigenvalue weighted by Crippen LogP contribution is 2.22. The molecule has 0 nitrogen and oxygen atoms in total. The van der Waals surface area contributed by atoms with E-state index in [0.29, 0.717) is 0 Å². The van der Waals surface area contributed by atoms with Gasteiger partial charge in [0.1, 0.15) is 0 Å². The number of rotatable bonds is 0. The van der Waals surface area contributed by atoms with E-state index in [1.165, 1.54) is 0 Å². The molecule has 0 radical (unpaired) electrons. The fourth-order valence-corrected chi connectivity index (χ4v) is 0. The second kappa shape index (κ2) is 4.94. The van der Waals surface area contributed by atoms with Crippen molar-refractivity contribution in [2.45, 2.75) is 19.3 Å². The highest BCUT2D eigenvalue weighted by atomic mass is 19.4. The molecule has 0 saturated carbocycles. The summed E-state index contributed by atoms with van der Waals surface area (Å²) in [4.78, 5) is 0. The monoisotopic (exact) mass is 206 g/mol. The zero-order chi connectivity index (χ0) is 11.3. The SMILES string of the molecule is C=C(C)C(F)(F)F.C=CC(F)(F)F. The molecule has 0 aliphatic rings. The van der Waals surface area contributed by atoms with Crippen molar-refractivity contribution in [3.05, 3.63) is 24.8 Å². The van der Waals surface area contributed by atoms with Gasteiger partial charge in [-0.15, -0.1) is 0 Å². The van der Waals surface area contributed by atoms with Crippen molar-refractivity contribution in [2.75, 3.05) is 0 Å². The average Bonchev–Trinajstić information content (AvgIpc) is 1.85. The van der Waals surface area contributed by atoms with Gasteiger partial charge < -0.3 is 0 Å². The lowest BCUT2D eigenvalue weighted by Crippen LogP contribution is -2.06. The largest absolute Gasteiger partial charge is 0.411 e. The van der Waals surface area contributed by atoms with E-state index in [2.05, 4.69) is 13.2 Å². The first kappa shape index (κ1) is 14.6. The summed E-state index contributed by atoms with van der Waals surface area (Å²) < 4.78 is 65.2. The summed E-state index contributed by atoms with van der Waals surface area (Å²) in [7, 11) is 0. The molecule has 0 amide bonds. The molecule has 0 aliphatic heterocycles. The predicted molar refractivity (Wildman–Crippen MR) is 37.1 cm³/mol.